The number of nitrogens with zero attached hydrogens (tertiary/aromatic N) is 2. The topological polar surface area (TPSA) is 65.0 Å². The van der Waals surface area contributed by atoms with Crippen LogP contribution in [0.4, 0.5) is 0 Å². The van der Waals surface area contributed by atoms with Crippen LogP contribution in [0.15, 0.2) is 17.2 Å². The summed E-state index contributed by atoms with van der Waals surface area (Å²) in [6, 6.07) is 0.127. The number of hydrogen-bond acceptors (Lipinski definition) is 4. The Hall–Kier alpha value is -1.36. The highest BCUT2D eigenvalue weighted by molar-refractivity contribution is 5.02. The largest absolute Gasteiger partial charge is 0.539 e. The Labute approximate surface area is 83.0 Å². The highest BCUT2D eigenvalue weighted by Gasteiger charge is 2.19. The van der Waals surface area contributed by atoms with Crippen molar-refractivity contribution >= 4 is 0 Å². The Morgan fingerprint density at radius 1 is 1.71 bits per heavy atom. The lowest BCUT2D eigenvalue weighted by Gasteiger charge is -2.00. The minimum Gasteiger partial charge on any atom is -0.539 e. The van der Waals surface area contributed by atoms with Crippen molar-refractivity contribution in [2.24, 2.45) is 0 Å². The summed E-state index contributed by atoms with van der Waals surface area (Å²) in [4.78, 5) is 0. The molecule has 0 saturated carbocycles. The van der Waals surface area contributed by atoms with E-state index in [1.807, 2.05) is 13.8 Å². The predicted molar refractivity (Wildman–Crippen MR) is 48.4 cm³/mol. The Morgan fingerprint density at radius 2 is 2.43 bits per heavy atom. The third-order valence-corrected chi connectivity index (χ3v) is 1.79. The van der Waals surface area contributed by atoms with Crippen molar-refractivity contribution < 1.29 is 14.3 Å². The fraction of sp³-hybridized carbons (Fsp3) is 0.556. The average molecular weight is 197 g/mol. The molecular formula is C9H15N3O2. The summed E-state index contributed by atoms with van der Waals surface area (Å²) in [5, 5.41) is 17.9. The highest BCUT2D eigenvalue weighted by atomic mass is 16.6. The molecule has 0 amide bonds. The normalized spacial score (nSPS) is 10.8. The van der Waals surface area contributed by atoms with Crippen molar-refractivity contribution in [2.45, 2.75) is 26.4 Å². The van der Waals surface area contributed by atoms with Crippen LogP contribution in [-0.4, -0.2) is 11.8 Å². The molecule has 0 fully saturated rings. The van der Waals surface area contributed by atoms with Gasteiger partial charge in [0.15, 0.2) is 12.0 Å². The molecule has 0 aliphatic carbocycles. The molecule has 1 N–H and O–H groups in total. The molecule has 0 aromatic carbocycles. The van der Waals surface area contributed by atoms with Gasteiger partial charge in [-0.3, -0.25) is 0 Å². The smallest absolute Gasteiger partial charge is 0.247 e. The van der Waals surface area contributed by atoms with Crippen LogP contribution in [0, 0.1) is 0 Å². The van der Waals surface area contributed by atoms with E-state index in [0.29, 0.717) is 18.8 Å². The third-order valence-electron chi connectivity index (χ3n) is 1.79. The van der Waals surface area contributed by atoms with Crippen molar-refractivity contribution in [1.29, 1.82) is 0 Å². The van der Waals surface area contributed by atoms with E-state index in [2.05, 4.69) is 21.7 Å². The molecule has 78 valence electrons. The summed E-state index contributed by atoms with van der Waals surface area (Å²) < 4.78 is 6.16. The maximum atomic E-state index is 11.2. The van der Waals surface area contributed by atoms with Gasteiger partial charge in [-0.2, -0.15) is 0 Å². The van der Waals surface area contributed by atoms with Gasteiger partial charge in [0.1, 0.15) is 0 Å². The Morgan fingerprint density at radius 3 is 3.00 bits per heavy atom. The third kappa shape index (κ3) is 2.32. The van der Waals surface area contributed by atoms with E-state index in [1.165, 1.54) is 0 Å². The first kappa shape index (κ1) is 10.7. The fourth-order valence-corrected chi connectivity index (χ4v) is 1.13. The van der Waals surface area contributed by atoms with Gasteiger partial charge in [0, 0.05) is 6.54 Å². The van der Waals surface area contributed by atoms with Crippen LogP contribution in [-0.2, 0) is 6.54 Å². The van der Waals surface area contributed by atoms with Crippen molar-refractivity contribution in [3.8, 4) is 5.95 Å². The summed E-state index contributed by atoms with van der Waals surface area (Å²) in [5.74, 6) is -0.379. The summed E-state index contributed by atoms with van der Waals surface area (Å²) in [7, 11) is 0. The fourth-order valence-electron chi connectivity index (χ4n) is 1.13. The van der Waals surface area contributed by atoms with Gasteiger partial charge in [-0.15, -0.1) is 6.58 Å². The molecule has 5 nitrogen and oxygen atoms in total. The molecule has 0 aliphatic heterocycles. The van der Waals surface area contributed by atoms with E-state index in [9.17, 15) is 5.11 Å². The van der Waals surface area contributed by atoms with E-state index in [1.54, 1.807) is 10.8 Å². The minimum atomic E-state index is -0.379. The van der Waals surface area contributed by atoms with Gasteiger partial charge in [0.2, 0.25) is 5.69 Å². The second-order valence-electron chi connectivity index (χ2n) is 3.26. The van der Waals surface area contributed by atoms with Crippen molar-refractivity contribution in [3.63, 3.8) is 0 Å². The lowest BCUT2D eigenvalue weighted by molar-refractivity contribution is -0.785. The molecule has 0 bridgehead atoms. The second-order valence-corrected chi connectivity index (χ2v) is 3.26. The molecular weight excluding hydrogens is 182 g/mol. The highest BCUT2D eigenvalue weighted by Crippen LogP contribution is 2.08. The summed E-state index contributed by atoms with van der Waals surface area (Å²) >= 11 is 0. The van der Waals surface area contributed by atoms with Gasteiger partial charge in [-0.1, -0.05) is 10.8 Å². The zero-order valence-corrected chi connectivity index (χ0v) is 8.49. The lowest BCUT2D eigenvalue weighted by atomic mass is 10.3. The van der Waals surface area contributed by atoms with Gasteiger partial charge in [0.25, 0.3) is 0 Å². The van der Waals surface area contributed by atoms with Crippen LogP contribution in [0.3, 0.4) is 0 Å². The molecule has 0 radical (unpaired) electrons. The van der Waals surface area contributed by atoms with Crippen LogP contribution < -0.4 is 15.1 Å². The van der Waals surface area contributed by atoms with Crippen LogP contribution >= 0.6 is 0 Å². The Bertz CT molecular complexity index is 307. The molecule has 1 heterocycles. The van der Waals surface area contributed by atoms with Crippen LogP contribution in [0.5, 0.6) is 5.95 Å². The standard InChI is InChI=1S/C9H15N3O2/c1-4-5-10-6-8-9(13)14-11-12(8)7(2)3/h4,7,10H,1,5-6H2,2-3H3. The van der Waals surface area contributed by atoms with E-state index >= 15 is 0 Å². The quantitative estimate of drug-likeness (QED) is 0.406. The average Bonchev–Trinajstić information content (AvgIpc) is 2.48. The van der Waals surface area contributed by atoms with Gasteiger partial charge < -0.3 is 14.9 Å². The number of aromatic nitrogens is 2. The first-order valence-corrected chi connectivity index (χ1v) is 4.55. The monoisotopic (exact) mass is 197 g/mol. The Kier molecular flexibility index (Phi) is 3.64. The molecule has 1 aromatic heterocycles. The van der Waals surface area contributed by atoms with E-state index in [0.717, 1.165) is 0 Å². The second kappa shape index (κ2) is 4.76. The zero-order chi connectivity index (χ0) is 10.6. The van der Waals surface area contributed by atoms with Crippen LogP contribution in [0.25, 0.3) is 0 Å². The summed E-state index contributed by atoms with van der Waals surface area (Å²) in [6.07, 6.45) is 1.73. The van der Waals surface area contributed by atoms with Gasteiger partial charge in [-0.05, 0) is 13.8 Å². The number of nitrogens with one attached hydrogen (secondary N) is 1. The predicted octanol–water partition coefficient (Wildman–Crippen LogP) is -0.108. The van der Waals surface area contributed by atoms with Crippen LogP contribution in [0.1, 0.15) is 25.6 Å². The SMILES string of the molecule is C=CCNCc1c([O-])on[n+]1C(C)C. The minimum absolute atomic E-state index is 0.127. The molecule has 14 heavy (non-hydrogen) atoms. The first-order valence-electron chi connectivity index (χ1n) is 4.55. The molecule has 0 spiro atoms. The van der Waals surface area contributed by atoms with Crippen molar-refractivity contribution in [3.05, 3.63) is 18.3 Å². The molecule has 1 rings (SSSR count). The van der Waals surface area contributed by atoms with Crippen LogP contribution in [0.2, 0.25) is 0 Å². The lowest BCUT2D eigenvalue weighted by Crippen LogP contribution is -2.43. The molecule has 0 unspecified atom stereocenters. The number of hydrogen-bond donors (Lipinski definition) is 1. The van der Waals surface area contributed by atoms with Crippen molar-refractivity contribution in [2.75, 3.05) is 6.54 Å². The molecule has 0 aliphatic rings. The van der Waals surface area contributed by atoms with Crippen molar-refractivity contribution in [1.82, 2.24) is 10.6 Å². The van der Waals surface area contributed by atoms with E-state index in [4.69, 9.17) is 0 Å². The summed E-state index contributed by atoms with van der Waals surface area (Å²) in [5.41, 5.74) is 0.543. The number of rotatable bonds is 5. The maximum Gasteiger partial charge on any atom is 0.247 e. The Balaban J connectivity index is 2.72. The summed E-state index contributed by atoms with van der Waals surface area (Å²) in [6.45, 7) is 8.57. The van der Waals surface area contributed by atoms with E-state index in [-0.39, 0.29) is 12.0 Å². The molecule has 5 heteroatoms. The van der Waals surface area contributed by atoms with E-state index < -0.39 is 0 Å². The van der Waals surface area contributed by atoms with Gasteiger partial charge in [0.05, 0.1) is 11.8 Å². The first-order chi connectivity index (χ1) is 6.66. The molecule has 1 aromatic rings. The van der Waals surface area contributed by atoms with Gasteiger partial charge in [-0.25, -0.2) is 0 Å². The van der Waals surface area contributed by atoms with Gasteiger partial charge >= 0.3 is 0 Å². The zero-order valence-electron chi connectivity index (χ0n) is 8.49. The maximum absolute atomic E-state index is 11.2. The molecule has 0 saturated heterocycles. The molecule has 0 atom stereocenters.